The van der Waals surface area contributed by atoms with Gasteiger partial charge in [-0.15, -0.1) is 0 Å². The molecule has 1 aromatic heterocycles. The van der Waals surface area contributed by atoms with Crippen molar-refractivity contribution in [3.05, 3.63) is 65.0 Å². The molecule has 0 radical (unpaired) electrons. The van der Waals surface area contributed by atoms with Crippen LogP contribution >= 0.6 is 0 Å². The molecule has 0 aliphatic rings. The summed E-state index contributed by atoms with van der Waals surface area (Å²) in [7, 11) is 2.16. The fourth-order valence-corrected chi connectivity index (χ4v) is 3.45. The van der Waals surface area contributed by atoms with Crippen LogP contribution in [0.25, 0.3) is 10.8 Å². The minimum absolute atomic E-state index is 0.123. The lowest BCUT2D eigenvalue weighted by Crippen LogP contribution is -2.21. The number of likely N-dealkylation sites (N-methyl/N-ethyl adjacent to an activating group) is 1. The highest BCUT2D eigenvalue weighted by atomic mass is 16.3. The summed E-state index contributed by atoms with van der Waals surface area (Å²) in [6.07, 6.45) is 1.03. The van der Waals surface area contributed by atoms with Crippen LogP contribution < -0.4 is 0 Å². The Morgan fingerprint density at radius 2 is 1.84 bits per heavy atom. The van der Waals surface area contributed by atoms with Crippen LogP contribution in [-0.4, -0.2) is 40.0 Å². The number of rotatable bonds is 7. The summed E-state index contributed by atoms with van der Waals surface area (Å²) < 4.78 is 1.91. The first kappa shape index (κ1) is 17.6. The van der Waals surface area contributed by atoms with Gasteiger partial charge in [0.2, 0.25) is 0 Å². The minimum atomic E-state index is 0.123. The van der Waals surface area contributed by atoms with Crippen molar-refractivity contribution in [2.45, 2.75) is 33.4 Å². The van der Waals surface area contributed by atoms with Gasteiger partial charge in [0.25, 0.3) is 0 Å². The molecule has 4 heteroatoms. The highest BCUT2D eigenvalue weighted by Gasteiger charge is 2.13. The maximum atomic E-state index is 9.15. The summed E-state index contributed by atoms with van der Waals surface area (Å²) in [4.78, 5) is 2.35. The average Bonchev–Trinajstić information content (AvgIpc) is 2.88. The van der Waals surface area contributed by atoms with Crippen LogP contribution in [0, 0.1) is 13.8 Å². The lowest BCUT2D eigenvalue weighted by atomic mass is 10.0. The fraction of sp³-hybridized carbons (Fsp3) is 0.381. The fourth-order valence-electron chi connectivity index (χ4n) is 3.45. The number of benzene rings is 2. The second-order valence-corrected chi connectivity index (χ2v) is 6.72. The maximum Gasteiger partial charge on any atom is 0.0644 e. The second-order valence-electron chi connectivity index (χ2n) is 6.72. The van der Waals surface area contributed by atoms with Crippen LogP contribution in [0.1, 0.15) is 22.5 Å². The molecule has 132 valence electrons. The zero-order valence-electron chi connectivity index (χ0n) is 15.4. The largest absolute Gasteiger partial charge is 0.394 e. The van der Waals surface area contributed by atoms with Gasteiger partial charge in [-0.25, -0.2) is 0 Å². The quantitative estimate of drug-likeness (QED) is 0.719. The lowest BCUT2D eigenvalue weighted by molar-refractivity contribution is 0.267. The molecular formula is C21H27N3O. The van der Waals surface area contributed by atoms with Gasteiger partial charge in [0.05, 0.1) is 18.8 Å². The molecule has 0 amide bonds. The molecule has 3 rings (SSSR count). The Morgan fingerprint density at radius 1 is 1.08 bits per heavy atom. The number of hydrogen-bond acceptors (Lipinski definition) is 3. The second kappa shape index (κ2) is 7.81. The Balaban J connectivity index is 1.68. The summed E-state index contributed by atoms with van der Waals surface area (Å²) in [6.45, 7) is 6.70. The highest BCUT2D eigenvalue weighted by molar-refractivity contribution is 5.85. The molecule has 0 fully saturated rings. The van der Waals surface area contributed by atoms with E-state index in [1.807, 2.05) is 4.68 Å². The van der Waals surface area contributed by atoms with E-state index in [0.29, 0.717) is 6.54 Å². The van der Waals surface area contributed by atoms with Gasteiger partial charge in [-0.05, 0) is 43.7 Å². The molecule has 0 spiro atoms. The van der Waals surface area contributed by atoms with Gasteiger partial charge < -0.3 is 10.0 Å². The average molecular weight is 337 g/mol. The molecule has 0 atom stereocenters. The van der Waals surface area contributed by atoms with E-state index in [4.69, 9.17) is 5.11 Å². The van der Waals surface area contributed by atoms with Gasteiger partial charge >= 0.3 is 0 Å². The molecule has 0 saturated carbocycles. The smallest absolute Gasteiger partial charge is 0.0644 e. The summed E-state index contributed by atoms with van der Waals surface area (Å²) >= 11 is 0. The van der Waals surface area contributed by atoms with Gasteiger partial charge in [-0.1, -0.05) is 42.5 Å². The molecule has 1 N–H and O–H groups in total. The van der Waals surface area contributed by atoms with Crippen LogP contribution in [0.4, 0.5) is 0 Å². The molecule has 0 saturated heterocycles. The number of aryl methyl sites for hydroxylation is 1. The van der Waals surface area contributed by atoms with Crippen LogP contribution in [0.3, 0.4) is 0 Å². The molecule has 25 heavy (non-hydrogen) atoms. The minimum Gasteiger partial charge on any atom is -0.394 e. The maximum absolute atomic E-state index is 9.15. The van der Waals surface area contributed by atoms with E-state index in [1.165, 1.54) is 21.9 Å². The number of nitrogens with zero attached hydrogens (tertiary/aromatic N) is 3. The van der Waals surface area contributed by atoms with E-state index in [1.54, 1.807) is 0 Å². The summed E-state index contributed by atoms with van der Waals surface area (Å²) in [6, 6.07) is 15.1. The third kappa shape index (κ3) is 3.91. The van der Waals surface area contributed by atoms with Gasteiger partial charge in [0.1, 0.15) is 0 Å². The van der Waals surface area contributed by atoms with Crippen molar-refractivity contribution in [2.75, 3.05) is 20.2 Å². The molecule has 0 bridgehead atoms. The molecule has 0 aliphatic carbocycles. The predicted molar refractivity (Wildman–Crippen MR) is 103 cm³/mol. The molecule has 0 unspecified atom stereocenters. The Kier molecular flexibility index (Phi) is 5.51. The first-order chi connectivity index (χ1) is 12.1. The Bertz CT molecular complexity index is 848. The van der Waals surface area contributed by atoms with Crippen molar-refractivity contribution in [1.82, 2.24) is 14.7 Å². The Labute approximate surface area is 149 Å². The monoisotopic (exact) mass is 337 g/mol. The lowest BCUT2D eigenvalue weighted by Gasteiger charge is -2.18. The predicted octanol–water partition coefficient (Wildman–Crippen LogP) is 3.32. The molecule has 0 aliphatic heterocycles. The summed E-state index contributed by atoms with van der Waals surface area (Å²) in [5.41, 5.74) is 4.88. The van der Waals surface area contributed by atoms with Crippen molar-refractivity contribution < 1.29 is 5.11 Å². The van der Waals surface area contributed by atoms with E-state index in [9.17, 15) is 0 Å². The van der Waals surface area contributed by atoms with Gasteiger partial charge in [-0.3, -0.25) is 4.68 Å². The van der Waals surface area contributed by atoms with Crippen LogP contribution in [0.15, 0.2) is 42.5 Å². The van der Waals surface area contributed by atoms with Gasteiger partial charge in [0, 0.05) is 24.3 Å². The first-order valence-electron chi connectivity index (χ1n) is 8.89. The van der Waals surface area contributed by atoms with Gasteiger partial charge in [0.15, 0.2) is 0 Å². The Morgan fingerprint density at radius 3 is 2.64 bits per heavy atom. The zero-order chi connectivity index (χ0) is 17.8. The standard InChI is InChI=1S/C21H27N3O/c1-16-21(17(2)24(22-16)13-14-25)15-23(3)12-11-19-9-6-8-18-7-4-5-10-20(18)19/h4-10,25H,11-15H2,1-3H3. The van der Waals surface area contributed by atoms with E-state index >= 15 is 0 Å². The van der Waals surface area contributed by atoms with Crippen molar-refractivity contribution in [2.24, 2.45) is 0 Å². The normalized spacial score (nSPS) is 11.6. The van der Waals surface area contributed by atoms with Crippen LogP contribution in [-0.2, 0) is 19.5 Å². The van der Waals surface area contributed by atoms with Crippen molar-refractivity contribution in [3.8, 4) is 0 Å². The summed E-state index contributed by atoms with van der Waals surface area (Å²) in [5, 5.41) is 16.3. The topological polar surface area (TPSA) is 41.3 Å². The number of aliphatic hydroxyl groups excluding tert-OH is 1. The van der Waals surface area contributed by atoms with Crippen LogP contribution in [0.2, 0.25) is 0 Å². The van der Waals surface area contributed by atoms with Crippen LogP contribution in [0.5, 0.6) is 0 Å². The molecule has 4 nitrogen and oxygen atoms in total. The first-order valence-corrected chi connectivity index (χ1v) is 8.89. The number of aliphatic hydroxyl groups is 1. The van der Waals surface area contributed by atoms with E-state index in [2.05, 4.69) is 73.4 Å². The zero-order valence-corrected chi connectivity index (χ0v) is 15.4. The number of hydrogen-bond donors (Lipinski definition) is 1. The Hall–Kier alpha value is -2.17. The SMILES string of the molecule is Cc1nn(CCO)c(C)c1CN(C)CCc1cccc2ccccc12. The van der Waals surface area contributed by atoms with Crippen molar-refractivity contribution in [1.29, 1.82) is 0 Å². The summed E-state index contributed by atoms with van der Waals surface area (Å²) in [5.74, 6) is 0. The third-order valence-electron chi connectivity index (χ3n) is 4.91. The number of aromatic nitrogens is 2. The third-order valence-corrected chi connectivity index (χ3v) is 4.91. The molecule has 1 heterocycles. The molecule has 2 aromatic carbocycles. The van der Waals surface area contributed by atoms with Crippen molar-refractivity contribution >= 4 is 10.8 Å². The van der Waals surface area contributed by atoms with Crippen molar-refractivity contribution in [3.63, 3.8) is 0 Å². The van der Waals surface area contributed by atoms with Gasteiger partial charge in [-0.2, -0.15) is 5.10 Å². The van der Waals surface area contributed by atoms with E-state index < -0.39 is 0 Å². The highest BCUT2D eigenvalue weighted by Crippen LogP contribution is 2.20. The van der Waals surface area contributed by atoms with E-state index in [0.717, 1.165) is 30.9 Å². The number of fused-ring (bicyclic) bond motifs is 1. The van der Waals surface area contributed by atoms with E-state index in [-0.39, 0.29) is 6.61 Å². The molecular weight excluding hydrogens is 310 g/mol. The molecule has 3 aromatic rings.